The molecule has 9 nitrogen and oxygen atoms in total. The summed E-state index contributed by atoms with van der Waals surface area (Å²) in [6.45, 7) is 5.22. The van der Waals surface area contributed by atoms with Gasteiger partial charge in [-0.2, -0.15) is 0 Å². The van der Waals surface area contributed by atoms with Crippen molar-refractivity contribution in [2.24, 2.45) is 0 Å². The molecule has 0 saturated carbocycles. The van der Waals surface area contributed by atoms with Gasteiger partial charge < -0.3 is 30.2 Å². The van der Waals surface area contributed by atoms with Crippen molar-refractivity contribution in [3.63, 3.8) is 0 Å². The Balaban J connectivity index is 1.53. The Hall–Kier alpha value is -4.15. The largest absolute Gasteiger partial charge is 0.494 e. The standard InChI is InChI=1S/C28H29ClFN7O2/c1-5-25(38)33-21-11-22(24(39-4)12-23(21)37-10-9-16(15-37)36(2)3)34-28-32-14-18(29)27(35-28)17-13-31-20-8-6-7-19(30)26(17)20/h5-8,11-14,16,31H,1,9-10,15H2,2-4H3,(H,33,38)(H,32,34,35). The number of fused-ring (bicyclic) bond motifs is 1. The predicted octanol–water partition coefficient (Wildman–Crippen LogP) is 5.43. The lowest BCUT2D eigenvalue weighted by Crippen LogP contribution is -2.31. The van der Waals surface area contributed by atoms with E-state index >= 15 is 0 Å². The van der Waals surface area contributed by atoms with Crippen LogP contribution in [0.4, 0.5) is 27.4 Å². The van der Waals surface area contributed by atoms with Crippen LogP contribution in [0, 0.1) is 5.82 Å². The number of carbonyl (C=O) groups is 1. The van der Waals surface area contributed by atoms with E-state index < -0.39 is 0 Å². The highest BCUT2D eigenvalue weighted by Crippen LogP contribution is 2.40. The average molecular weight is 550 g/mol. The summed E-state index contributed by atoms with van der Waals surface area (Å²) in [7, 11) is 5.70. The first-order valence-corrected chi connectivity index (χ1v) is 12.8. The number of rotatable bonds is 8. The van der Waals surface area contributed by atoms with Crippen molar-refractivity contribution in [2.75, 3.05) is 49.8 Å². The molecule has 1 saturated heterocycles. The number of carbonyl (C=O) groups excluding carboxylic acids is 1. The molecule has 0 spiro atoms. The van der Waals surface area contributed by atoms with Gasteiger partial charge in [-0.15, -0.1) is 0 Å². The third-order valence-corrected chi connectivity index (χ3v) is 7.17. The summed E-state index contributed by atoms with van der Waals surface area (Å²) in [4.78, 5) is 28.7. The maximum Gasteiger partial charge on any atom is 0.247 e. The van der Waals surface area contributed by atoms with Gasteiger partial charge in [0.25, 0.3) is 0 Å². The van der Waals surface area contributed by atoms with Crippen LogP contribution in [0.2, 0.25) is 5.02 Å². The van der Waals surface area contributed by atoms with E-state index in [1.54, 1.807) is 31.5 Å². The van der Waals surface area contributed by atoms with E-state index in [-0.39, 0.29) is 22.7 Å². The number of nitrogens with one attached hydrogen (secondary N) is 3. The molecule has 5 rings (SSSR count). The maximum atomic E-state index is 14.7. The quantitative estimate of drug-likeness (QED) is 0.252. The number of likely N-dealkylation sites (N-methyl/N-ethyl adjacent to an activating group) is 1. The van der Waals surface area contributed by atoms with Crippen LogP contribution in [-0.2, 0) is 4.79 Å². The third-order valence-electron chi connectivity index (χ3n) is 6.90. The van der Waals surface area contributed by atoms with Gasteiger partial charge in [-0.1, -0.05) is 24.2 Å². The van der Waals surface area contributed by atoms with Crippen LogP contribution < -0.4 is 20.3 Å². The number of hydrogen-bond acceptors (Lipinski definition) is 7. The Bertz CT molecular complexity index is 1550. The summed E-state index contributed by atoms with van der Waals surface area (Å²) in [6.07, 6.45) is 5.35. The fourth-order valence-electron chi connectivity index (χ4n) is 4.83. The molecule has 1 atom stereocenters. The van der Waals surface area contributed by atoms with Crippen LogP contribution in [0.5, 0.6) is 5.75 Å². The number of H-pyrrole nitrogens is 1. The van der Waals surface area contributed by atoms with Crippen molar-refractivity contribution in [1.29, 1.82) is 0 Å². The molecular formula is C28H29ClFN7O2. The van der Waals surface area contributed by atoms with Crippen LogP contribution in [0.1, 0.15) is 6.42 Å². The fourth-order valence-corrected chi connectivity index (χ4v) is 5.02. The molecule has 39 heavy (non-hydrogen) atoms. The Labute approximate surface area is 230 Å². The number of nitrogens with zero attached hydrogens (tertiary/aromatic N) is 4. The average Bonchev–Trinajstić information content (AvgIpc) is 3.59. The number of halogens is 2. The van der Waals surface area contributed by atoms with Crippen molar-refractivity contribution in [2.45, 2.75) is 12.5 Å². The molecule has 11 heteroatoms. The number of amides is 1. The summed E-state index contributed by atoms with van der Waals surface area (Å²) < 4.78 is 20.4. The Morgan fingerprint density at radius 2 is 2.15 bits per heavy atom. The van der Waals surface area contributed by atoms with Crippen molar-refractivity contribution >= 4 is 51.4 Å². The van der Waals surface area contributed by atoms with E-state index in [0.29, 0.717) is 45.3 Å². The fraction of sp³-hybridized carbons (Fsp3) is 0.250. The van der Waals surface area contributed by atoms with Gasteiger partial charge in [0.15, 0.2) is 0 Å². The van der Waals surface area contributed by atoms with Gasteiger partial charge in [-0.25, -0.2) is 14.4 Å². The molecule has 0 bridgehead atoms. The minimum Gasteiger partial charge on any atom is -0.494 e. The van der Waals surface area contributed by atoms with Crippen molar-refractivity contribution in [3.05, 3.63) is 66.2 Å². The second kappa shape index (κ2) is 10.9. The van der Waals surface area contributed by atoms with E-state index in [1.165, 1.54) is 18.3 Å². The number of aromatic nitrogens is 3. The van der Waals surface area contributed by atoms with Crippen LogP contribution in [0.25, 0.3) is 22.2 Å². The molecule has 2 aromatic carbocycles. The van der Waals surface area contributed by atoms with Crippen molar-refractivity contribution in [3.8, 4) is 17.0 Å². The molecule has 3 N–H and O–H groups in total. The van der Waals surface area contributed by atoms with Crippen LogP contribution in [0.3, 0.4) is 0 Å². The zero-order chi connectivity index (χ0) is 27.7. The Morgan fingerprint density at radius 3 is 2.87 bits per heavy atom. The molecule has 4 aromatic rings. The summed E-state index contributed by atoms with van der Waals surface area (Å²) in [5.41, 5.74) is 3.48. The first-order chi connectivity index (χ1) is 18.8. The van der Waals surface area contributed by atoms with Gasteiger partial charge >= 0.3 is 0 Å². The van der Waals surface area contributed by atoms with E-state index in [9.17, 15) is 9.18 Å². The SMILES string of the molecule is C=CC(=O)Nc1cc(Nc2ncc(Cl)c(-c3c[nH]c4cccc(F)c34)n2)c(OC)cc1N1CCC(N(C)C)C1. The lowest BCUT2D eigenvalue weighted by atomic mass is 10.1. The molecule has 1 unspecified atom stereocenters. The maximum absolute atomic E-state index is 14.7. The number of anilines is 4. The zero-order valence-corrected chi connectivity index (χ0v) is 22.6. The Kier molecular flexibility index (Phi) is 7.40. The highest BCUT2D eigenvalue weighted by atomic mass is 35.5. The molecule has 1 amide bonds. The highest BCUT2D eigenvalue weighted by molar-refractivity contribution is 6.33. The molecule has 1 aliphatic rings. The van der Waals surface area contributed by atoms with Crippen LogP contribution in [-0.4, -0.2) is 66.1 Å². The Morgan fingerprint density at radius 1 is 1.33 bits per heavy atom. The second-order valence-electron chi connectivity index (χ2n) is 9.50. The van der Waals surface area contributed by atoms with E-state index in [2.05, 4.69) is 56.1 Å². The van der Waals surface area contributed by atoms with Gasteiger partial charge in [0.05, 0.1) is 41.1 Å². The van der Waals surface area contributed by atoms with E-state index in [0.717, 1.165) is 25.2 Å². The van der Waals surface area contributed by atoms with Gasteiger partial charge in [-0.05, 0) is 44.8 Å². The lowest BCUT2D eigenvalue weighted by molar-refractivity contribution is -0.111. The van der Waals surface area contributed by atoms with Crippen molar-refractivity contribution in [1.82, 2.24) is 19.9 Å². The monoisotopic (exact) mass is 549 g/mol. The molecule has 202 valence electrons. The highest BCUT2D eigenvalue weighted by Gasteiger charge is 2.27. The number of hydrogen-bond donors (Lipinski definition) is 3. The topological polar surface area (TPSA) is 98.4 Å². The molecule has 2 aromatic heterocycles. The minimum absolute atomic E-state index is 0.223. The molecular weight excluding hydrogens is 521 g/mol. The molecule has 1 aliphatic heterocycles. The molecule has 1 fully saturated rings. The van der Waals surface area contributed by atoms with E-state index in [4.69, 9.17) is 16.3 Å². The first-order valence-electron chi connectivity index (χ1n) is 12.4. The van der Waals surface area contributed by atoms with Gasteiger partial charge in [-0.3, -0.25) is 4.79 Å². The molecule has 0 radical (unpaired) electrons. The van der Waals surface area contributed by atoms with Crippen LogP contribution >= 0.6 is 11.6 Å². The van der Waals surface area contributed by atoms with Gasteiger partial charge in [0.2, 0.25) is 11.9 Å². The van der Waals surface area contributed by atoms with Gasteiger partial charge in [0.1, 0.15) is 11.6 Å². The number of benzene rings is 2. The summed E-state index contributed by atoms with van der Waals surface area (Å²) in [6, 6.07) is 8.86. The third kappa shape index (κ3) is 5.25. The van der Waals surface area contributed by atoms with Crippen LogP contribution in [0.15, 0.2) is 55.4 Å². The van der Waals surface area contributed by atoms with Crippen molar-refractivity contribution < 1.29 is 13.9 Å². The number of methoxy groups -OCH3 is 1. The summed E-state index contributed by atoms with van der Waals surface area (Å²) in [5, 5.41) is 6.76. The molecule has 3 heterocycles. The smallest absolute Gasteiger partial charge is 0.247 e. The lowest BCUT2D eigenvalue weighted by Gasteiger charge is -2.25. The van der Waals surface area contributed by atoms with Gasteiger partial charge in [0, 0.05) is 47.9 Å². The predicted molar refractivity (Wildman–Crippen MR) is 154 cm³/mol. The first kappa shape index (κ1) is 26.5. The molecule has 0 aliphatic carbocycles. The number of ether oxygens (including phenoxy) is 1. The normalized spacial score (nSPS) is 15.1. The number of aromatic amines is 1. The zero-order valence-electron chi connectivity index (χ0n) is 21.9. The summed E-state index contributed by atoms with van der Waals surface area (Å²) >= 11 is 6.45. The summed E-state index contributed by atoms with van der Waals surface area (Å²) in [5.74, 6) is 0.0439. The second-order valence-corrected chi connectivity index (χ2v) is 9.90. The minimum atomic E-state index is -0.383. The van der Waals surface area contributed by atoms with E-state index in [1.807, 2.05) is 6.07 Å².